The highest BCUT2D eigenvalue weighted by Gasteiger charge is 2.29. The largest absolute Gasteiger partial charge is 0.336 e. The second-order valence-corrected chi connectivity index (χ2v) is 8.43. The van der Waals surface area contributed by atoms with E-state index in [1.165, 1.54) is 4.88 Å². The Bertz CT molecular complexity index is 765. The molecule has 1 aromatic heterocycles. The molecule has 1 fully saturated rings. The van der Waals surface area contributed by atoms with Crippen LogP contribution >= 0.6 is 11.3 Å². The fraction of sp³-hybridized carbons (Fsp3) is 0.500. The van der Waals surface area contributed by atoms with Crippen molar-refractivity contribution in [3.63, 3.8) is 0 Å². The maximum atomic E-state index is 13.0. The van der Waals surface area contributed by atoms with Gasteiger partial charge in [-0.15, -0.1) is 11.3 Å². The molecule has 0 spiro atoms. The van der Waals surface area contributed by atoms with Gasteiger partial charge >= 0.3 is 0 Å². The van der Waals surface area contributed by atoms with Gasteiger partial charge in [0.2, 0.25) is 0 Å². The summed E-state index contributed by atoms with van der Waals surface area (Å²) in [5.74, 6) is 1.09. The summed E-state index contributed by atoms with van der Waals surface area (Å²) in [6, 6.07) is 10.9. The first-order chi connectivity index (χ1) is 12.6. The molecule has 1 saturated heterocycles. The van der Waals surface area contributed by atoms with Crippen molar-refractivity contribution in [3.8, 4) is 0 Å². The summed E-state index contributed by atoms with van der Waals surface area (Å²) in [4.78, 5) is 25.5. The van der Waals surface area contributed by atoms with Gasteiger partial charge in [-0.2, -0.15) is 0 Å². The summed E-state index contributed by atoms with van der Waals surface area (Å²) >= 11 is 1.59. The number of para-hydroxylation sites is 1. The molecule has 1 amide bonds. The number of thiazole rings is 1. The molecule has 1 aromatic carbocycles. The molecule has 0 aliphatic carbocycles. The second kappa shape index (κ2) is 7.37. The fourth-order valence-corrected chi connectivity index (χ4v) is 4.97. The van der Waals surface area contributed by atoms with Crippen molar-refractivity contribution < 1.29 is 4.79 Å². The smallest absolute Gasteiger partial charge is 0.282 e. The summed E-state index contributed by atoms with van der Waals surface area (Å²) in [6.45, 7) is 2.62. The summed E-state index contributed by atoms with van der Waals surface area (Å²) < 4.78 is 0. The third-order valence-corrected chi connectivity index (χ3v) is 6.54. The molecule has 0 N–H and O–H groups in total. The van der Waals surface area contributed by atoms with Crippen LogP contribution in [0.15, 0.2) is 30.3 Å². The van der Waals surface area contributed by atoms with E-state index in [-0.39, 0.29) is 5.91 Å². The third-order valence-electron chi connectivity index (χ3n) is 5.45. The van der Waals surface area contributed by atoms with Gasteiger partial charge in [0.25, 0.3) is 5.91 Å². The minimum atomic E-state index is 0.106. The molecular formula is C20H26N4OS. The van der Waals surface area contributed by atoms with Gasteiger partial charge in [-0.1, -0.05) is 18.2 Å². The van der Waals surface area contributed by atoms with Crippen LogP contribution in [0.3, 0.4) is 0 Å². The number of piperidine rings is 1. The average Bonchev–Trinajstić information content (AvgIpc) is 3.12. The number of hydrogen-bond acceptors (Lipinski definition) is 5. The van der Waals surface area contributed by atoms with Crippen molar-refractivity contribution in [2.45, 2.75) is 31.7 Å². The Labute approximate surface area is 159 Å². The predicted octanol–water partition coefficient (Wildman–Crippen LogP) is 3.39. The molecule has 3 heterocycles. The Balaban J connectivity index is 1.53. The van der Waals surface area contributed by atoms with Crippen LogP contribution in [0, 0.1) is 0 Å². The number of likely N-dealkylation sites (tertiary alicyclic amines) is 1. The van der Waals surface area contributed by atoms with Crippen LogP contribution < -0.4 is 4.90 Å². The van der Waals surface area contributed by atoms with Crippen LogP contribution in [0.25, 0.3) is 0 Å². The molecule has 0 atom stereocenters. The lowest BCUT2D eigenvalue weighted by Crippen LogP contribution is -2.44. The van der Waals surface area contributed by atoms with Gasteiger partial charge < -0.3 is 14.7 Å². The molecule has 6 heteroatoms. The highest BCUT2D eigenvalue weighted by Crippen LogP contribution is 2.36. The van der Waals surface area contributed by atoms with E-state index in [2.05, 4.69) is 48.2 Å². The maximum absolute atomic E-state index is 13.0. The number of hydrogen-bond donors (Lipinski definition) is 0. The fourth-order valence-electron chi connectivity index (χ4n) is 3.89. The van der Waals surface area contributed by atoms with Crippen LogP contribution in [0.2, 0.25) is 0 Å². The minimum absolute atomic E-state index is 0.106. The first-order valence-corrected chi connectivity index (χ1v) is 10.2. The number of benzene rings is 1. The van der Waals surface area contributed by atoms with Crippen LogP contribution in [-0.2, 0) is 6.42 Å². The van der Waals surface area contributed by atoms with Crippen molar-refractivity contribution in [2.24, 2.45) is 0 Å². The first-order valence-electron chi connectivity index (χ1n) is 9.41. The topological polar surface area (TPSA) is 39.7 Å². The van der Waals surface area contributed by atoms with Crippen molar-refractivity contribution in [1.82, 2.24) is 14.8 Å². The van der Waals surface area contributed by atoms with Crippen molar-refractivity contribution in [2.75, 3.05) is 38.6 Å². The molecule has 0 unspecified atom stereocenters. The SMILES string of the molecule is CN(C)C1CCN(C(=O)c2nc3c(s2)CCCN3c2ccccc2)CC1. The summed E-state index contributed by atoms with van der Waals surface area (Å²) in [5.41, 5.74) is 1.16. The summed E-state index contributed by atoms with van der Waals surface area (Å²) in [6.07, 6.45) is 4.21. The Kier molecular flexibility index (Phi) is 4.96. The van der Waals surface area contributed by atoms with Crippen LogP contribution in [-0.4, -0.2) is 60.5 Å². The number of fused-ring (bicyclic) bond motifs is 1. The van der Waals surface area contributed by atoms with Crippen LogP contribution in [0.1, 0.15) is 33.9 Å². The van der Waals surface area contributed by atoms with E-state index in [1.54, 1.807) is 11.3 Å². The number of aromatic nitrogens is 1. The quantitative estimate of drug-likeness (QED) is 0.830. The van der Waals surface area contributed by atoms with Gasteiger partial charge in [-0.25, -0.2) is 4.98 Å². The maximum Gasteiger partial charge on any atom is 0.282 e. The van der Waals surface area contributed by atoms with E-state index < -0.39 is 0 Å². The van der Waals surface area contributed by atoms with Crippen molar-refractivity contribution in [1.29, 1.82) is 0 Å². The van der Waals surface area contributed by atoms with Gasteiger partial charge in [0, 0.05) is 36.2 Å². The van der Waals surface area contributed by atoms with Gasteiger partial charge in [-0.05, 0) is 51.9 Å². The summed E-state index contributed by atoms with van der Waals surface area (Å²) in [7, 11) is 4.24. The van der Waals surface area contributed by atoms with Crippen molar-refractivity contribution in [3.05, 3.63) is 40.2 Å². The number of rotatable bonds is 3. The highest BCUT2D eigenvalue weighted by atomic mass is 32.1. The van der Waals surface area contributed by atoms with E-state index in [4.69, 9.17) is 4.98 Å². The minimum Gasteiger partial charge on any atom is -0.336 e. The molecule has 5 nitrogen and oxygen atoms in total. The lowest BCUT2D eigenvalue weighted by Gasteiger charge is -2.34. The molecule has 2 aliphatic heterocycles. The molecule has 4 rings (SSSR count). The number of aryl methyl sites for hydroxylation is 1. The number of amides is 1. The Morgan fingerprint density at radius 1 is 1.15 bits per heavy atom. The highest BCUT2D eigenvalue weighted by molar-refractivity contribution is 7.14. The lowest BCUT2D eigenvalue weighted by molar-refractivity contribution is 0.0663. The Morgan fingerprint density at radius 3 is 2.58 bits per heavy atom. The van der Waals surface area contributed by atoms with E-state index in [1.807, 2.05) is 11.0 Å². The van der Waals surface area contributed by atoms with Gasteiger partial charge in [0.15, 0.2) is 5.01 Å². The van der Waals surface area contributed by atoms with E-state index >= 15 is 0 Å². The van der Waals surface area contributed by atoms with Crippen LogP contribution in [0.5, 0.6) is 0 Å². The predicted molar refractivity (Wildman–Crippen MR) is 106 cm³/mol. The third kappa shape index (κ3) is 3.35. The standard InChI is InChI=1S/C20H26N4OS/c1-22(2)15-10-13-23(14-11-15)20(25)19-21-18-17(26-19)9-6-12-24(18)16-7-4-3-5-8-16/h3-5,7-8,15H,6,9-14H2,1-2H3. The van der Waals surface area contributed by atoms with Gasteiger partial charge in [-0.3, -0.25) is 4.79 Å². The number of carbonyl (C=O) groups excluding carboxylic acids is 1. The average molecular weight is 371 g/mol. The second-order valence-electron chi connectivity index (χ2n) is 7.34. The van der Waals surface area contributed by atoms with E-state index in [9.17, 15) is 4.79 Å². The van der Waals surface area contributed by atoms with E-state index in [0.717, 1.165) is 56.8 Å². The zero-order valence-electron chi connectivity index (χ0n) is 15.5. The van der Waals surface area contributed by atoms with Crippen LogP contribution in [0.4, 0.5) is 11.5 Å². The zero-order chi connectivity index (χ0) is 18.1. The lowest BCUT2D eigenvalue weighted by atomic mass is 10.0. The first kappa shape index (κ1) is 17.5. The molecule has 138 valence electrons. The monoisotopic (exact) mass is 370 g/mol. The molecule has 2 aromatic rings. The Hall–Kier alpha value is -1.92. The van der Waals surface area contributed by atoms with Gasteiger partial charge in [0.05, 0.1) is 0 Å². The normalized spacial score (nSPS) is 18.3. The number of nitrogens with zero attached hydrogens (tertiary/aromatic N) is 4. The molecule has 0 bridgehead atoms. The van der Waals surface area contributed by atoms with Crippen molar-refractivity contribution >= 4 is 28.7 Å². The van der Waals surface area contributed by atoms with Gasteiger partial charge in [0.1, 0.15) is 5.82 Å². The molecule has 0 saturated carbocycles. The summed E-state index contributed by atoms with van der Waals surface area (Å²) in [5, 5.41) is 0.654. The zero-order valence-corrected chi connectivity index (χ0v) is 16.3. The molecular weight excluding hydrogens is 344 g/mol. The van der Waals surface area contributed by atoms with E-state index in [0.29, 0.717) is 11.0 Å². The molecule has 26 heavy (non-hydrogen) atoms. The molecule has 2 aliphatic rings. The number of carbonyl (C=O) groups is 1. The number of anilines is 2. The Morgan fingerprint density at radius 2 is 1.88 bits per heavy atom. The molecule has 0 radical (unpaired) electrons.